The molecule has 0 saturated heterocycles. The first-order valence-corrected chi connectivity index (χ1v) is 3.63. The van der Waals surface area contributed by atoms with E-state index in [1.807, 2.05) is 0 Å². The van der Waals surface area contributed by atoms with Crippen molar-refractivity contribution >= 4 is 37.8 Å². The molecule has 0 aliphatic heterocycles. The average molecular weight is 231 g/mol. The summed E-state index contributed by atoms with van der Waals surface area (Å²) < 4.78 is 0. The first-order valence-electron chi connectivity index (χ1n) is 1.59. The van der Waals surface area contributed by atoms with Crippen LogP contribution in [0.15, 0.2) is 0 Å². The Kier molecular flexibility index (Phi) is 3.65. The summed E-state index contributed by atoms with van der Waals surface area (Å²) in [7, 11) is 0. The second-order valence-electron chi connectivity index (χ2n) is 0.941. The smallest absolute Gasteiger partial charge is 0.0638 e. The van der Waals surface area contributed by atoms with Crippen LogP contribution in [-0.2, 0) is 4.79 Å². The molecule has 2 nitrogen and oxygen atoms in total. The van der Waals surface area contributed by atoms with Gasteiger partial charge in [-0.05, 0) is 0 Å². The van der Waals surface area contributed by atoms with Crippen LogP contribution in [0.4, 0.5) is 0 Å². The van der Waals surface area contributed by atoms with Gasteiger partial charge in [0, 0.05) is 5.33 Å². The number of carboxylic acid groups (broad SMARTS) is 1. The Labute approximate surface area is 58.2 Å². The van der Waals surface area contributed by atoms with Gasteiger partial charge in [-0.3, -0.25) is 0 Å². The van der Waals surface area contributed by atoms with Gasteiger partial charge < -0.3 is 9.90 Å². The van der Waals surface area contributed by atoms with Crippen LogP contribution < -0.4 is 5.11 Å². The van der Waals surface area contributed by atoms with E-state index in [-0.39, 0.29) is 0 Å². The highest BCUT2D eigenvalue weighted by Crippen LogP contribution is 2.00. The monoisotopic (exact) mass is 229 g/mol. The fourth-order valence-electron chi connectivity index (χ4n) is 0.0630. The lowest BCUT2D eigenvalue weighted by atomic mass is 10.5. The van der Waals surface area contributed by atoms with Crippen molar-refractivity contribution in [2.24, 2.45) is 0 Å². The van der Waals surface area contributed by atoms with Crippen LogP contribution in [0.2, 0.25) is 0 Å². The molecule has 0 amide bonds. The number of hydrogen-bond acceptors (Lipinski definition) is 2. The summed E-state index contributed by atoms with van der Waals surface area (Å²) >= 11 is 5.78. The van der Waals surface area contributed by atoms with Crippen LogP contribution in [0.5, 0.6) is 0 Å². The second-order valence-corrected chi connectivity index (χ2v) is 2.69. The molecule has 1 atom stereocenters. The summed E-state index contributed by atoms with van der Waals surface area (Å²) in [4.78, 5) is 9.18. The van der Waals surface area contributed by atoms with Crippen LogP contribution >= 0.6 is 31.9 Å². The summed E-state index contributed by atoms with van der Waals surface area (Å²) in [5, 5.41) is 10.1. The molecule has 0 rings (SSSR count). The standard InChI is InChI=1S/C3H4Br2O2/c4-1-2(5)3(6)7/h2H,1H2,(H,6,7)/p-1/t2-/m1/s1. The molecule has 0 heterocycles. The number of carbonyl (C=O) groups is 1. The van der Waals surface area contributed by atoms with E-state index in [0.29, 0.717) is 5.33 Å². The zero-order chi connectivity index (χ0) is 5.86. The van der Waals surface area contributed by atoms with E-state index < -0.39 is 10.8 Å². The van der Waals surface area contributed by atoms with Crippen molar-refractivity contribution in [3.8, 4) is 0 Å². The van der Waals surface area contributed by atoms with E-state index in [9.17, 15) is 9.90 Å². The second kappa shape index (κ2) is 3.43. The summed E-state index contributed by atoms with van der Waals surface area (Å²) in [5.74, 6) is -1.09. The van der Waals surface area contributed by atoms with E-state index in [1.54, 1.807) is 0 Å². The Bertz CT molecular complexity index is 73.3. The van der Waals surface area contributed by atoms with Crippen molar-refractivity contribution in [1.29, 1.82) is 0 Å². The van der Waals surface area contributed by atoms with Gasteiger partial charge in [0.05, 0.1) is 10.8 Å². The maximum absolute atomic E-state index is 9.74. The molecule has 0 N–H and O–H groups in total. The van der Waals surface area contributed by atoms with Crippen LogP contribution in [0, 0.1) is 0 Å². The molecule has 0 saturated carbocycles. The number of carbonyl (C=O) groups excluding carboxylic acids is 1. The van der Waals surface area contributed by atoms with Crippen LogP contribution in [0.25, 0.3) is 0 Å². The van der Waals surface area contributed by atoms with Crippen molar-refractivity contribution in [3.05, 3.63) is 0 Å². The molecule has 0 fully saturated rings. The molecule has 42 valence electrons. The number of alkyl halides is 2. The fourth-order valence-corrected chi connectivity index (χ4v) is 0.327. The Morgan fingerprint density at radius 3 is 2.29 bits per heavy atom. The molecule has 4 heteroatoms. The number of halogens is 2. The zero-order valence-electron chi connectivity index (χ0n) is 3.36. The minimum atomic E-state index is -1.09. The van der Waals surface area contributed by atoms with Crippen LogP contribution in [0.1, 0.15) is 0 Å². The Hall–Kier alpha value is 0.430. The summed E-state index contributed by atoms with van der Waals surface area (Å²) in [6.07, 6.45) is 0. The zero-order valence-corrected chi connectivity index (χ0v) is 6.53. The molecule has 7 heavy (non-hydrogen) atoms. The van der Waals surface area contributed by atoms with E-state index in [1.165, 1.54) is 0 Å². The van der Waals surface area contributed by atoms with E-state index in [2.05, 4.69) is 31.9 Å². The van der Waals surface area contributed by atoms with Crippen molar-refractivity contribution < 1.29 is 9.90 Å². The summed E-state index contributed by atoms with van der Waals surface area (Å²) in [6.45, 7) is 0. The molecule has 0 aromatic rings. The van der Waals surface area contributed by atoms with Gasteiger partial charge in [-0.2, -0.15) is 0 Å². The lowest BCUT2D eigenvalue weighted by Gasteiger charge is -2.03. The predicted molar refractivity (Wildman–Crippen MR) is 31.5 cm³/mol. The van der Waals surface area contributed by atoms with Gasteiger partial charge in [-0.1, -0.05) is 31.9 Å². The first kappa shape index (κ1) is 7.43. The van der Waals surface area contributed by atoms with E-state index in [0.717, 1.165) is 0 Å². The van der Waals surface area contributed by atoms with Crippen LogP contribution in [-0.4, -0.2) is 16.1 Å². The number of carboxylic acids is 1. The molecule has 0 radical (unpaired) electrons. The highest BCUT2D eigenvalue weighted by Gasteiger charge is 1.98. The number of rotatable bonds is 2. The lowest BCUT2D eigenvalue weighted by molar-refractivity contribution is -0.304. The van der Waals surface area contributed by atoms with Crippen molar-refractivity contribution in [3.63, 3.8) is 0 Å². The van der Waals surface area contributed by atoms with Gasteiger partial charge in [0.25, 0.3) is 0 Å². The molecule has 0 aliphatic carbocycles. The summed E-state index contributed by atoms with van der Waals surface area (Å²) in [5.41, 5.74) is 0. The van der Waals surface area contributed by atoms with Crippen molar-refractivity contribution in [2.75, 3.05) is 5.33 Å². The van der Waals surface area contributed by atoms with Gasteiger partial charge >= 0.3 is 0 Å². The van der Waals surface area contributed by atoms with E-state index >= 15 is 0 Å². The molecular weight excluding hydrogens is 228 g/mol. The third-order valence-corrected chi connectivity index (χ3v) is 2.61. The maximum atomic E-state index is 9.74. The quantitative estimate of drug-likeness (QED) is 0.622. The molecule has 0 unspecified atom stereocenters. The van der Waals surface area contributed by atoms with Gasteiger partial charge in [0.2, 0.25) is 0 Å². The molecule has 0 aliphatic rings. The van der Waals surface area contributed by atoms with Crippen molar-refractivity contribution in [1.82, 2.24) is 0 Å². The maximum Gasteiger partial charge on any atom is 0.0638 e. The minimum Gasteiger partial charge on any atom is -0.549 e. The minimum absolute atomic E-state index is 0.384. The van der Waals surface area contributed by atoms with E-state index in [4.69, 9.17) is 0 Å². The average Bonchev–Trinajstić information content (AvgIpc) is 1.65. The Morgan fingerprint density at radius 2 is 2.29 bits per heavy atom. The third kappa shape index (κ3) is 3.05. The number of aliphatic carboxylic acids is 1. The van der Waals surface area contributed by atoms with Gasteiger partial charge in [-0.15, -0.1) is 0 Å². The molecule has 0 spiro atoms. The fraction of sp³-hybridized carbons (Fsp3) is 0.667. The molecule has 0 aromatic carbocycles. The Morgan fingerprint density at radius 1 is 1.86 bits per heavy atom. The summed E-state index contributed by atoms with van der Waals surface area (Å²) in [6, 6.07) is 0. The van der Waals surface area contributed by atoms with Gasteiger partial charge in [0.1, 0.15) is 0 Å². The van der Waals surface area contributed by atoms with Crippen molar-refractivity contribution in [2.45, 2.75) is 4.83 Å². The predicted octanol–water partition coefficient (Wildman–Crippen LogP) is -0.105. The molecule has 0 bridgehead atoms. The SMILES string of the molecule is O=C([O-])[C@H](Br)CBr. The normalized spacial score (nSPS) is 13.4. The molecule has 0 aromatic heterocycles. The third-order valence-electron chi connectivity index (χ3n) is 0.391. The van der Waals surface area contributed by atoms with Crippen LogP contribution in [0.3, 0.4) is 0 Å². The number of hydrogen-bond donors (Lipinski definition) is 0. The highest BCUT2D eigenvalue weighted by molar-refractivity contribution is 9.12. The first-order chi connectivity index (χ1) is 3.18. The Balaban J connectivity index is 3.34. The highest BCUT2D eigenvalue weighted by atomic mass is 79.9. The van der Waals surface area contributed by atoms with Gasteiger partial charge in [-0.25, -0.2) is 0 Å². The van der Waals surface area contributed by atoms with Gasteiger partial charge in [0.15, 0.2) is 0 Å². The molecular formula is C3H3Br2O2-. The lowest BCUT2D eigenvalue weighted by Crippen LogP contribution is -2.32. The topological polar surface area (TPSA) is 40.1 Å². The largest absolute Gasteiger partial charge is 0.549 e.